The molecule has 1 heterocycles. The van der Waals surface area contributed by atoms with Crippen LogP contribution in [0.3, 0.4) is 0 Å². The number of benzene rings is 1. The number of nitriles is 1. The van der Waals surface area contributed by atoms with Crippen LogP contribution in [0.5, 0.6) is 5.75 Å². The number of nitrogens with zero attached hydrogens (tertiary/aromatic N) is 1. The Balaban J connectivity index is 1.93. The highest BCUT2D eigenvalue weighted by Crippen LogP contribution is 2.20. The molecule has 1 N–H and O–H groups in total. The fraction of sp³-hybridized carbons (Fsp3) is 0.267. The van der Waals surface area contributed by atoms with Gasteiger partial charge in [-0.15, -0.1) is 11.3 Å². The lowest BCUT2D eigenvalue weighted by Crippen LogP contribution is -1.99. The average Bonchev–Trinajstić information content (AvgIpc) is 2.91. The van der Waals surface area contributed by atoms with Crippen LogP contribution >= 0.6 is 11.3 Å². The van der Waals surface area contributed by atoms with Gasteiger partial charge in [-0.05, 0) is 30.7 Å². The van der Waals surface area contributed by atoms with Gasteiger partial charge in [0.2, 0.25) is 0 Å². The molecule has 4 heteroatoms. The molecule has 0 radical (unpaired) electrons. The number of nitrogens with one attached hydrogen (secondary N) is 1. The smallest absolute Gasteiger partial charge is 0.121 e. The second-order valence-corrected chi connectivity index (χ2v) is 5.28. The van der Waals surface area contributed by atoms with Gasteiger partial charge in [-0.3, -0.25) is 0 Å². The summed E-state index contributed by atoms with van der Waals surface area (Å²) in [6.45, 7) is 3.55. The Bertz CT molecular complexity index is 572. The Morgan fingerprint density at radius 2 is 2.21 bits per heavy atom. The van der Waals surface area contributed by atoms with Crippen molar-refractivity contribution in [1.29, 1.82) is 5.26 Å². The first-order chi connectivity index (χ1) is 9.31. The van der Waals surface area contributed by atoms with Crippen LogP contribution in [0.1, 0.15) is 23.1 Å². The maximum atomic E-state index is 8.78. The fourth-order valence-electron chi connectivity index (χ4n) is 1.64. The van der Waals surface area contributed by atoms with E-state index in [1.165, 1.54) is 11.3 Å². The minimum Gasteiger partial charge on any atom is -0.494 e. The summed E-state index contributed by atoms with van der Waals surface area (Å²) in [7, 11) is 0. The Labute approximate surface area is 117 Å². The average molecular weight is 272 g/mol. The number of ether oxygens (including phenoxy) is 1. The van der Waals surface area contributed by atoms with E-state index in [9.17, 15) is 0 Å². The largest absolute Gasteiger partial charge is 0.494 e. The Hall–Kier alpha value is -1.99. The van der Waals surface area contributed by atoms with E-state index >= 15 is 0 Å². The lowest BCUT2D eigenvalue weighted by molar-refractivity contribution is 0.317. The van der Waals surface area contributed by atoms with E-state index in [2.05, 4.69) is 18.3 Å². The summed E-state index contributed by atoms with van der Waals surface area (Å²) in [6.07, 6.45) is 1.00. The molecule has 0 unspecified atom stereocenters. The molecule has 1 aromatic heterocycles. The number of rotatable bonds is 6. The second-order valence-electron chi connectivity index (χ2n) is 4.11. The van der Waals surface area contributed by atoms with Gasteiger partial charge in [0.1, 0.15) is 16.7 Å². The van der Waals surface area contributed by atoms with Crippen LogP contribution in [0.4, 0.5) is 5.69 Å². The number of hydrogen-bond donors (Lipinski definition) is 1. The molecule has 0 aliphatic carbocycles. The van der Waals surface area contributed by atoms with Crippen molar-refractivity contribution >= 4 is 17.0 Å². The van der Waals surface area contributed by atoms with E-state index in [-0.39, 0.29) is 0 Å². The molecule has 2 aromatic rings. The van der Waals surface area contributed by atoms with Crippen LogP contribution in [0.25, 0.3) is 0 Å². The van der Waals surface area contributed by atoms with Gasteiger partial charge in [0.05, 0.1) is 6.61 Å². The first kappa shape index (κ1) is 13.4. The summed E-state index contributed by atoms with van der Waals surface area (Å²) in [5.41, 5.74) is 1.03. The summed E-state index contributed by atoms with van der Waals surface area (Å²) < 4.78 is 5.59. The molecule has 0 spiro atoms. The van der Waals surface area contributed by atoms with E-state index in [4.69, 9.17) is 10.00 Å². The third-order valence-electron chi connectivity index (χ3n) is 2.55. The van der Waals surface area contributed by atoms with Crippen LogP contribution in [0, 0.1) is 11.3 Å². The molecule has 0 bridgehead atoms. The van der Waals surface area contributed by atoms with Crippen molar-refractivity contribution < 1.29 is 4.74 Å². The summed E-state index contributed by atoms with van der Waals surface area (Å²) in [4.78, 5) is 1.90. The van der Waals surface area contributed by atoms with E-state index < -0.39 is 0 Å². The predicted molar refractivity (Wildman–Crippen MR) is 78.6 cm³/mol. The van der Waals surface area contributed by atoms with E-state index in [1.807, 2.05) is 36.4 Å². The quantitative estimate of drug-likeness (QED) is 0.863. The van der Waals surface area contributed by atoms with Crippen molar-refractivity contribution in [3.05, 3.63) is 46.2 Å². The highest BCUT2D eigenvalue weighted by atomic mass is 32.1. The monoisotopic (exact) mass is 272 g/mol. The maximum absolute atomic E-state index is 8.78. The molecule has 0 aliphatic rings. The molecule has 3 nitrogen and oxygen atoms in total. The lowest BCUT2D eigenvalue weighted by atomic mass is 10.3. The standard InChI is InChI=1S/C15H16N2OS/c1-2-8-18-13-5-3-4-12(9-13)17-11-15-7-6-14(10-16)19-15/h3-7,9,17H,2,8,11H2,1H3. The van der Waals surface area contributed by atoms with Gasteiger partial charge in [0.15, 0.2) is 0 Å². The Kier molecular flexibility index (Phi) is 4.82. The molecular formula is C15H16N2OS. The van der Waals surface area contributed by atoms with Crippen LogP contribution in [0.2, 0.25) is 0 Å². The van der Waals surface area contributed by atoms with Gasteiger partial charge < -0.3 is 10.1 Å². The van der Waals surface area contributed by atoms with Crippen molar-refractivity contribution in [2.45, 2.75) is 19.9 Å². The van der Waals surface area contributed by atoms with Crippen molar-refractivity contribution in [3.8, 4) is 11.8 Å². The van der Waals surface area contributed by atoms with Crippen molar-refractivity contribution in [1.82, 2.24) is 0 Å². The molecule has 1 aromatic carbocycles. The molecule has 2 rings (SSSR count). The summed E-state index contributed by atoms with van der Waals surface area (Å²) in [5, 5.41) is 12.1. The maximum Gasteiger partial charge on any atom is 0.121 e. The summed E-state index contributed by atoms with van der Waals surface area (Å²) in [6, 6.07) is 13.9. The minimum absolute atomic E-state index is 0.726. The van der Waals surface area contributed by atoms with Gasteiger partial charge in [0, 0.05) is 23.2 Å². The predicted octanol–water partition coefficient (Wildman–Crippen LogP) is 4.02. The first-order valence-corrected chi connectivity index (χ1v) is 7.09. The van der Waals surface area contributed by atoms with Crippen LogP contribution < -0.4 is 10.1 Å². The SMILES string of the molecule is CCCOc1cccc(NCc2ccc(C#N)s2)c1. The molecular weight excluding hydrogens is 256 g/mol. The zero-order chi connectivity index (χ0) is 13.5. The van der Waals surface area contributed by atoms with Gasteiger partial charge in [0.25, 0.3) is 0 Å². The first-order valence-electron chi connectivity index (χ1n) is 6.27. The fourth-order valence-corrected chi connectivity index (χ4v) is 2.38. The summed E-state index contributed by atoms with van der Waals surface area (Å²) >= 11 is 1.52. The molecule has 98 valence electrons. The highest BCUT2D eigenvalue weighted by molar-refractivity contribution is 7.12. The summed E-state index contributed by atoms with van der Waals surface area (Å²) in [5.74, 6) is 0.885. The Morgan fingerprint density at radius 1 is 1.32 bits per heavy atom. The van der Waals surface area contributed by atoms with Crippen LogP contribution in [-0.4, -0.2) is 6.61 Å². The number of anilines is 1. The molecule has 19 heavy (non-hydrogen) atoms. The zero-order valence-electron chi connectivity index (χ0n) is 10.8. The zero-order valence-corrected chi connectivity index (χ0v) is 11.7. The van der Waals surface area contributed by atoms with E-state index in [0.717, 1.165) is 40.8 Å². The molecule has 0 saturated carbocycles. The van der Waals surface area contributed by atoms with Gasteiger partial charge in [-0.1, -0.05) is 13.0 Å². The van der Waals surface area contributed by atoms with Gasteiger partial charge in [-0.2, -0.15) is 5.26 Å². The lowest BCUT2D eigenvalue weighted by Gasteiger charge is -2.08. The number of hydrogen-bond acceptors (Lipinski definition) is 4. The van der Waals surface area contributed by atoms with Crippen LogP contribution in [0.15, 0.2) is 36.4 Å². The highest BCUT2D eigenvalue weighted by Gasteiger charge is 2.00. The van der Waals surface area contributed by atoms with Crippen molar-refractivity contribution in [2.75, 3.05) is 11.9 Å². The minimum atomic E-state index is 0.726. The molecule has 0 aliphatic heterocycles. The van der Waals surface area contributed by atoms with E-state index in [1.54, 1.807) is 0 Å². The van der Waals surface area contributed by atoms with Crippen molar-refractivity contribution in [2.24, 2.45) is 0 Å². The van der Waals surface area contributed by atoms with Crippen molar-refractivity contribution in [3.63, 3.8) is 0 Å². The Morgan fingerprint density at radius 3 is 2.95 bits per heavy atom. The molecule has 0 atom stereocenters. The normalized spacial score (nSPS) is 9.89. The molecule has 0 saturated heterocycles. The van der Waals surface area contributed by atoms with Gasteiger partial charge >= 0.3 is 0 Å². The third kappa shape index (κ3) is 4.01. The number of thiophene rings is 1. The molecule has 0 fully saturated rings. The van der Waals surface area contributed by atoms with Crippen LogP contribution in [-0.2, 0) is 6.54 Å². The third-order valence-corrected chi connectivity index (χ3v) is 3.54. The molecule has 0 amide bonds. The van der Waals surface area contributed by atoms with E-state index in [0.29, 0.717) is 0 Å². The van der Waals surface area contributed by atoms with Gasteiger partial charge in [-0.25, -0.2) is 0 Å². The second kappa shape index (κ2) is 6.81. The topological polar surface area (TPSA) is 45.0 Å².